The van der Waals surface area contributed by atoms with Gasteiger partial charge in [-0.05, 0) is 29.6 Å². The highest BCUT2D eigenvalue weighted by Crippen LogP contribution is 2.33. The number of halogens is 4. The largest absolute Gasteiger partial charge is 0.416 e. The minimum atomic E-state index is -4.45. The minimum Gasteiger partial charge on any atom is -0.288 e. The molecule has 0 atom stereocenters. The summed E-state index contributed by atoms with van der Waals surface area (Å²) in [5, 5.41) is 1.70. The molecule has 1 aromatic heterocycles. The number of benzene rings is 1. The van der Waals surface area contributed by atoms with Crippen molar-refractivity contribution in [2.75, 3.05) is 0 Å². The summed E-state index contributed by atoms with van der Waals surface area (Å²) in [6, 6.07) is 6.31. The lowest BCUT2D eigenvalue weighted by Gasteiger charge is -2.09. The van der Waals surface area contributed by atoms with Gasteiger partial charge in [-0.2, -0.15) is 13.2 Å². The van der Waals surface area contributed by atoms with Crippen LogP contribution in [0.5, 0.6) is 0 Å². The normalized spacial score (nSPS) is 11.6. The summed E-state index contributed by atoms with van der Waals surface area (Å²) in [5.74, 6) is -0.414. The van der Waals surface area contributed by atoms with E-state index in [4.69, 9.17) is 0 Å². The molecule has 0 aliphatic carbocycles. The summed E-state index contributed by atoms with van der Waals surface area (Å²) < 4.78 is 38.1. The maximum atomic E-state index is 12.6. The molecule has 18 heavy (non-hydrogen) atoms. The van der Waals surface area contributed by atoms with E-state index in [2.05, 4.69) is 15.9 Å². The van der Waals surface area contributed by atoms with Crippen LogP contribution in [0.25, 0.3) is 0 Å². The number of hydrogen-bond acceptors (Lipinski definition) is 2. The molecule has 0 bridgehead atoms. The van der Waals surface area contributed by atoms with E-state index in [9.17, 15) is 18.0 Å². The molecule has 94 valence electrons. The smallest absolute Gasteiger partial charge is 0.288 e. The van der Waals surface area contributed by atoms with Crippen LogP contribution in [0.2, 0.25) is 0 Å². The summed E-state index contributed by atoms with van der Waals surface area (Å²) in [6.07, 6.45) is -4.45. The van der Waals surface area contributed by atoms with Crippen molar-refractivity contribution < 1.29 is 18.0 Å². The lowest BCUT2D eigenvalue weighted by molar-refractivity contribution is -0.137. The van der Waals surface area contributed by atoms with Crippen LogP contribution < -0.4 is 0 Å². The standard InChI is InChI=1S/C12H6BrF3OS/c13-9-4-3-7(12(14,15)16)6-8(9)11(17)10-2-1-5-18-10/h1-6H. The van der Waals surface area contributed by atoms with Crippen LogP contribution in [0.1, 0.15) is 20.8 Å². The van der Waals surface area contributed by atoms with Crippen molar-refractivity contribution in [2.24, 2.45) is 0 Å². The van der Waals surface area contributed by atoms with Gasteiger partial charge in [-0.15, -0.1) is 11.3 Å². The van der Waals surface area contributed by atoms with E-state index in [1.807, 2.05) is 0 Å². The van der Waals surface area contributed by atoms with Gasteiger partial charge in [0.25, 0.3) is 0 Å². The summed E-state index contributed by atoms with van der Waals surface area (Å²) in [5.41, 5.74) is -0.808. The third-order valence-corrected chi connectivity index (χ3v) is 3.84. The Bertz CT molecular complexity index is 576. The van der Waals surface area contributed by atoms with Crippen LogP contribution in [0.3, 0.4) is 0 Å². The Kier molecular flexibility index (Phi) is 3.59. The van der Waals surface area contributed by atoms with Gasteiger partial charge in [0.2, 0.25) is 5.78 Å². The zero-order valence-electron chi connectivity index (χ0n) is 8.79. The average molecular weight is 335 g/mol. The van der Waals surface area contributed by atoms with E-state index in [-0.39, 0.29) is 5.56 Å². The molecule has 1 heterocycles. The monoisotopic (exact) mass is 334 g/mol. The maximum Gasteiger partial charge on any atom is 0.416 e. The lowest BCUT2D eigenvalue weighted by Crippen LogP contribution is -2.08. The Labute approximate surface area is 113 Å². The van der Waals surface area contributed by atoms with Gasteiger partial charge in [0, 0.05) is 10.0 Å². The number of hydrogen-bond donors (Lipinski definition) is 0. The van der Waals surface area contributed by atoms with E-state index in [1.54, 1.807) is 17.5 Å². The molecule has 1 nitrogen and oxygen atoms in total. The Morgan fingerprint density at radius 3 is 2.50 bits per heavy atom. The number of alkyl halides is 3. The van der Waals surface area contributed by atoms with Gasteiger partial charge in [-0.3, -0.25) is 4.79 Å². The molecular formula is C12H6BrF3OS. The van der Waals surface area contributed by atoms with Gasteiger partial charge in [0.15, 0.2) is 0 Å². The Hall–Kier alpha value is -1.14. The fourth-order valence-corrected chi connectivity index (χ4v) is 2.52. The van der Waals surface area contributed by atoms with Gasteiger partial charge in [-0.1, -0.05) is 22.0 Å². The molecule has 0 unspecified atom stereocenters. The third kappa shape index (κ3) is 2.64. The highest BCUT2D eigenvalue weighted by atomic mass is 79.9. The van der Waals surface area contributed by atoms with Crippen molar-refractivity contribution >= 4 is 33.0 Å². The van der Waals surface area contributed by atoms with E-state index >= 15 is 0 Å². The molecule has 2 rings (SSSR count). The molecule has 0 radical (unpaired) electrons. The Morgan fingerprint density at radius 1 is 1.22 bits per heavy atom. The fraction of sp³-hybridized carbons (Fsp3) is 0.0833. The number of thiophene rings is 1. The van der Waals surface area contributed by atoms with Crippen LogP contribution in [-0.2, 0) is 6.18 Å². The SMILES string of the molecule is O=C(c1cccs1)c1cc(C(F)(F)F)ccc1Br. The van der Waals surface area contributed by atoms with E-state index in [1.165, 1.54) is 17.4 Å². The first-order valence-corrected chi connectivity index (χ1v) is 6.52. The van der Waals surface area contributed by atoms with Crippen LogP contribution in [-0.4, -0.2) is 5.78 Å². The Morgan fingerprint density at radius 2 is 1.94 bits per heavy atom. The molecule has 0 aliphatic heterocycles. The van der Waals surface area contributed by atoms with Gasteiger partial charge in [0.05, 0.1) is 10.4 Å². The molecule has 0 fully saturated rings. The molecule has 0 N–H and O–H groups in total. The summed E-state index contributed by atoms with van der Waals surface area (Å²) in [6.45, 7) is 0. The van der Waals surface area contributed by atoms with Crippen molar-refractivity contribution in [3.05, 3.63) is 56.2 Å². The molecule has 0 spiro atoms. The second kappa shape index (κ2) is 4.85. The number of rotatable bonds is 2. The summed E-state index contributed by atoms with van der Waals surface area (Å²) in [7, 11) is 0. The molecule has 6 heteroatoms. The highest BCUT2D eigenvalue weighted by molar-refractivity contribution is 9.10. The molecule has 0 saturated heterocycles. The van der Waals surface area contributed by atoms with Crippen molar-refractivity contribution in [3.63, 3.8) is 0 Å². The number of carbonyl (C=O) groups excluding carboxylic acids is 1. The number of ketones is 1. The van der Waals surface area contributed by atoms with Gasteiger partial charge in [0.1, 0.15) is 0 Å². The molecule has 0 saturated carbocycles. The maximum absolute atomic E-state index is 12.6. The predicted molar refractivity (Wildman–Crippen MR) is 66.9 cm³/mol. The van der Waals surface area contributed by atoms with Crippen LogP contribution in [0.4, 0.5) is 13.2 Å². The van der Waals surface area contributed by atoms with Gasteiger partial charge in [-0.25, -0.2) is 0 Å². The number of carbonyl (C=O) groups is 1. The first kappa shape index (κ1) is 13.3. The lowest BCUT2D eigenvalue weighted by atomic mass is 10.1. The second-order valence-corrected chi connectivity index (χ2v) is 5.30. The van der Waals surface area contributed by atoms with Crippen molar-refractivity contribution in [1.82, 2.24) is 0 Å². The molecule has 2 aromatic rings. The van der Waals surface area contributed by atoms with Crippen LogP contribution >= 0.6 is 27.3 Å². The predicted octanol–water partition coefficient (Wildman–Crippen LogP) is 4.76. The average Bonchev–Trinajstić information content (AvgIpc) is 2.80. The third-order valence-electron chi connectivity index (χ3n) is 2.28. The zero-order valence-corrected chi connectivity index (χ0v) is 11.2. The van der Waals surface area contributed by atoms with Crippen LogP contribution in [0, 0.1) is 0 Å². The fourth-order valence-electron chi connectivity index (χ4n) is 1.42. The van der Waals surface area contributed by atoms with Crippen molar-refractivity contribution in [2.45, 2.75) is 6.18 Å². The molecule has 0 amide bonds. The molecule has 0 aliphatic rings. The van der Waals surface area contributed by atoms with E-state index in [0.29, 0.717) is 9.35 Å². The summed E-state index contributed by atoms with van der Waals surface area (Å²) in [4.78, 5) is 12.4. The van der Waals surface area contributed by atoms with Crippen LogP contribution in [0.15, 0.2) is 40.2 Å². The highest BCUT2D eigenvalue weighted by Gasteiger charge is 2.31. The van der Waals surface area contributed by atoms with Gasteiger partial charge < -0.3 is 0 Å². The topological polar surface area (TPSA) is 17.1 Å². The minimum absolute atomic E-state index is 0.0206. The second-order valence-electron chi connectivity index (χ2n) is 3.50. The quantitative estimate of drug-likeness (QED) is 0.723. The van der Waals surface area contributed by atoms with E-state index in [0.717, 1.165) is 12.1 Å². The first-order chi connectivity index (χ1) is 8.39. The molecule has 1 aromatic carbocycles. The first-order valence-electron chi connectivity index (χ1n) is 4.84. The summed E-state index contributed by atoms with van der Waals surface area (Å²) >= 11 is 4.30. The molecular weight excluding hydrogens is 329 g/mol. The van der Waals surface area contributed by atoms with Crippen molar-refractivity contribution in [3.8, 4) is 0 Å². The van der Waals surface area contributed by atoms with Gasteiger partial charge >= 0.3 is 6.18 Å². The van der Waals surface area contributed by atoms with E-state index < -0.39 is 17.5 Å². The zero-order chi connectivity index (χ0) is 13.3. The Balaban J connectivity index is 2.48. The van der Waals surface area contributed by atoms with Crippen molar-refractivity contribution in [1.29, 1.82) is 0 Å².